The molecule has 0 fully saturated rings. The van der Waals surface area contributed by atoms with Crippen LogP contribution in [0.15, 0.2) is 5.10 Å². The molecule has 0 aliphatic heterocycles. The van der Waals surface area contributed by atoms with Gasteiger partial charge >= 0.3 is 0 Å². The number of nitrogens with one attached hydrogen (secondary N) is 2. The van der Waals surface area contributed by atoms with Crippen LogP contribution in [0.4, 0.5) is 0 Å². The zero-order valence-corrected chi connectivity index (χ0v) is 5.31. The average Bonchev–Trinajstić information content (AvgIpc) is 1.83. The van der Waals surface area contributed by atoms with Crippen LogP contribution in [0.1, 0.15) is 6.92 Å². The Morgan fingerprint density at radius 1 is 1.75 bits per heavy atom. The Balaban J connectivity index is 2.97. The van der Waals surface area contributed by atoms with E-state index in [9.17, 15) is 0 Å². The van der Waals surface area contributed by atoms with Gasteiger partial charge in [-0.05, 0) is 0 Å². The number of hydrogen-bond donors (Lipinski definition) is 2. The Labute approximate surface area is 49.5 Å². The molecule has 8 heavy (non-hydrogen) atoms. The molecule has 0 amide bonds. The lowest BCUT2D eigenvalue weighted by Crippen LogP contribution is -2.41. The normalized spacial score (nSPS) is 9.38. The highest BCUT2D eigenvalue weighted by atomic mass is 15.7. The molecule has 0 aromatic heterocycles. The summed E-state index contributed by atoms with van der Waals surface area (Å²) in [6.45, 7) is 6.16. The summed E-state index contributed by atoms with van der Waals surface area (Å²) in [4.78, 5) is 0. The molecule has 48 valence electrons. The van der Waals surface area contributed by atoms with E-state index in [1.165, 1.54) is 0 Å². The fourth-order valence-electron chi connectivity index (χ4n) is 0.200. The quantitative estimate of drug-likeness (QED) is 0.386. The van der Waals surface area contributed by atoms with Crippen molar-refractivity contribution in [2.45, 2.75) is 6.92 Å². The molecule has 0 rings (SSSR count). The van der Waals surface area contributed by atoms with Crippen molar-refractivity contribution in [3.05, 3.63) is 0 Å². The summed E-state index contributed by atoms with van der Waals surface area (Å²) in [5, 5.41) is 5.21. The van der Waals surface area contributed by atoms with E-state index in [0.717, 1.165) is 6.54 Å². The molecule has 0 aliphatic carbocycles. The van der Waals surface area contributed by atoms with Crippen LogP contribution in [0.3, 0.4) is 0 Å². The molecular weight excluding hydrogens is 104 g/mol. The van der Waals surface area contributed by atoms with E-state index in [0.29, 0.717) is 0 Å². The SMILES string of the molecule is C=NNNN(C)CC. The highest BCUT2D eigenvalue weighted by Crippen LogP contribution is 1.65. The molecule has 4 nitrogen and oxygen atoms in total. The lowest BCUT2D eigenvalue weighted by atomic mass is 10.7. The Hall–Kier alpha value is -0.610. The second-order valence-electron chi connectivity index (χ2n) is 1.40. The summed E-state index contributed by atoms with van der Waals surface area (Å²) >= 11 is 0. The summed E-state index contributed by atoms with van der Waals surface area (Å²) < 4.78 is 0. The molecule has 0 atom stereocenters. The van der Waals surface area contributed by atoms with Gasteiger partial charge in [-0.3, -0.25) is 0 Å². The summed E-state index contributed by atoms with van der Waals surface area (Å²) in [6, 6.07) is 0. The van der Waals surface area contributed by atoms with E-state index >= 15 is 0 Å². The lowest BCUT2D eigenvalue weighted by Gasteiger charge is -2.13. The lowest BCUT2D eigenvalue weighted by molar-refractivity contribution is 0.205. The minimum atomic E-state index is 0.919. The number of rotatable bonds is 4. The first-order chi connectivity index (χ1) is 3.81. The summed E-state index contributed by atoms with van der Waals surface area (Å²) in [6.07, 6.45) is 0. The molecular formula is C4H12N4. The number of hydrogen-bond acceptors (Lipinski definition) is 4. The molecule has 0 radical (unpaired) electrons. The monoisotopic (exact) mass is 116 g/mol. The van der Waals surface area contributed by atoms with Crippen molar-refractivity contribution in [2.24, 2.45) is 5.10 Å². The smallest absolute Gasteiger partial charge is 0.0121 e. The van der Waals surface area contributed by atoms with Crippen LogP contribution in [0, 0.1) is 0 Å². The number of hydrazone groups is 1. The van der Waals surface area contributed by atoms with Crippen molar-refractivity contribution < 1.29 is 0 Å². The van der Waals surface area contributed by atoms with Crippen molar-refractivity contribution in [2.75, 3.05) is 13.6 Å². The van der Waals surface area contributed by atoms with E-state index < -0.39 is 0 Å². The first kappa shape index (κ1) is 7.39. The van der Waals surface area contributed by atoms with Crippen LogP contribution in [-0.4, -0.2) is 25.3 Å². The van der Waals surface area contributed by atoms with Gasteiger partial charge in [0.05, 0.1) is 0 Å². The van der Waals surface area contributed by atoms with Crippen molar-refractivity contribution in [1.82, 2.24) is 16.1 Å². The minimum absolute atomic E-state index is 0.919. The van der Waals surface area contributed by atoms with Crippen LogP contribution in [0.25, 0.3) is 0 Å². The summed E-state index contributed by atoms with van der Waals surface area (Å²) in [5.41, 5.74) is 5.22. The maximum Gasteiger partial charge on any atom is 0.0121 e. The van der Waals surface area contributed by atoms with Crippen molar-refractivity contribution in [1.29, 1.82) is 0 Å². The average molecular weight is 116 g/mol. The second-order valence-corrected chi connectivity index (χ2v) is 1.40. The van der Waals surface area contributed by atoms with E-state index in [2.05, 4.69) is 22.9 Å². The van der Waals surface area contributed by atoms with Gasteiger partial charge in [0, 0.05) is 20.3 Å². The molecule has 0 aliphatic rings. The Morgan fingerprint density at radius 3 is 2.75 bits per heavy atom. The van der Waals surface area contributed by atoms with Crippen LogP contribution in [0.5, 0.6) is 0 Å². The van der Waals surface area contributed by atoms with Gasteiger partial charge in [0.25, 0.3) is 0 Å². The number of nitrogens with zero attached hydrogens (tertiary/aromatic N) is 2. The zero-order valence-electron chi connectivity index (χ0n) is 5.31. The Kier molecular flexibility index (Phi) is 4.20. The van der Waals surface area contributed by atoms with E-state index in [1.807, 2.05) is 19.0 Å². The van der Waals surface area contributed by atoms with Crippen molar-refractivity contribution >= 4 is 6.72 Å². The Morgan fingerprint density at radius 2 is 2.38 bits per heavy atom. The van der Waals surface area contributed by atoms with Crippen LogP contribution in [-0.2, 0) is 0 Å². The molecule has 0 unspecified atom stereocenters. The van der Waals surface area contributed by atoms with Gasteiger partial charge in [0.15, 0.2) is 0 Å². The molecule has 0 spiro atoms. The van der Waals surface area contributed by atoms with Gasteiger partial charge in [0.1, 0.15) is 0 Å². The molecule has 0 saturated heterocycles. The van der Waals surface area contributed by atoms with Gasteiger partial charge in [-0.15, -0.1) is 0 Å². The van der Waals surface area contributed by atoms with E-state index in [4.69, 9.17) is 0 Å². The topological polar surface area (TPSA) is 39.7 Å². The van der Waals surface area contributed by atoms with E-state index in [1.54, 1.807) is 0 Å². The van der Waals surface area contributed by atoms with Crippen LogP contribution >= 0.6 is 0 Å². The third-order valence-corrected chi connectivity index (χ3v) is 0.794. The van der Waals surface area contributed by atoms with E-state index in [-0.39, 0.29) is 0 Å². The summed E-state index contributed by atoms with van der Waals surface area (Å²) in [7, 11) is 1.90. The molecule has 0 bridgehead atoms. The van der Waals surface area contributed by atoms with Crippen LogP contribution < -0.4 is 11.1 Å². The van der Waals surface area contributed by atoms with Gasteiger partial charge in [0.2, 0.25) is 0 Å². The molecule has 0 aromatic carbocycles. The van der Waals surface area contributed by atoms with Crippen molar-refractivity contribution in [3.8, 4) is 0 Å². The second kappa shape index (κ2) is 4.55. The zero-order chi connectivity index (χ0) is 6.41. The van der Waals surface area contributed by atoms with Gasteiger partial charge in [-0.25, -0.2) is 10.5 Å². The molecule has 0 aromatic rings. The molecule has 0 heterocycles. The minimum Gasteiger partial charge on any atom is -0.230 e. The first-order valence-electron chi connectivity index (χ1n) is 2.48. The summed E-state index contributed by atoms with van der Waals surface area (Å²) in [5.74, 6) is 0. The molecule has 4 heteroatoms. The fraction of sp³-hybridized carbons (Fsp3) is 0.750. The molecule has 0 saturated carbocycles. The third-order valence-electron chi connectivity index (χ3n) is 0.794. The van der Waals surface area contributed by atoms with Gasteiger partial charge in [-0.2, -0.15) is 10.6 Å². The molecule has 2 N–H and O–H groups in total. The maximum absolute atomic E-state index is 3.37. The number of hydrazine groups is 2. The fourth-order valence-corrected chi connectivity index (χ4v) is 0.200. The first-order valence-corrected chi connectivity index (χ1v) is 2.48. The van der Waals surface area contributed by atoms with Crippen LogP contribution in [0.2, 0.25) is 0 Å². The predicted molar refractivity (Wildman–Crippen MR) is 34.1 cm³/mol. The maximum atomic E-state index is 3.37. The van der Waals surface area contributed by atoms with Crippen molar-refractivity contribution in [3.63, 3.8) is 0 Å². The highest BCUT2D eigenvalue weighted by Gasteiger charge is 1.84. The largest absolute Gasteiger partial charge is 0.230 e. The van der Waals surface area contributed by atoms with Gasteiger partial charge < -0.3 is 0 Å². The Bertz CT molecular complexity index is 63.1. The van der Waals surface area contributed by atoms with Gasteiger partial charge in [-0.1, -0.05) is 6.92 Å². The third kappa shape index (κ3) is 3.58. The standard InChI is InChI=1S/C4H12N4/c1-4-8(3)7-6-5-2/h6-7H,2,4H2,1,3H3. The highest BCUT2D eigenvalue weighted by molar-refractivity contribution is 5.21. The predicted octanol–water partition coefficient (Wildman–Crippen LogP) is -0.437.